The summed E-state index contributed by atoms with van der Waals surface area (Å²) >= 11 is 1.96. The van der Waals surface area contributed by atoms with Gasteiger partial charge in [0.25, 0.3) is 5.56 Å². The van der Waals surface area contributed by atoms with Gasteiger partial charge in [0.1, 0.15) is 5.82 Å². The van der Waals surface area contributed by atoms with Crippen molar-refractivity contribution < 1.29 is 0 Å². The number of fused-ring (bicyclic) bond motifs is 1. The molecule has 0 saturated carbocycles. The van der Waals surface area contributed by atoms with Crippen LogP contribution in [0, 0.1) is 3.57 Å². The van der Waals surface area contributed by atoms with Crippen LogP contribution in [0.4, 0.5) is 5.82 Å². The summed E-state index contributed by atoms with van der Waals surface area (Å²) in [5, 5.41) is 8.05. The lowest BCUT2D eigenvalue weighted by atomic mass is 10.3. The van der Waals surface area contributed by atoms with E-state index in [9.17, 15) is 4.79 Å². The lowest BCUT2D eigenvalue weighted by Gasteiger charge is -2.07. The largest absolute Gasteiger partial charge is 0.372 e. The second-order valence-corrected chi connectivity index (χ2v) is 5.58. The molecule has 0 fully saturated rings. The Morgan fingerprint density at radius 2 is 2.14 bits per heavy atom. The first-order chi connectivity index (χ1) is 10.1. The number of nitrogens with zero attached hydrogens (tertiary/aromatic N) is 6. The number of aromatic nitrogens is 6. The van der Waals surface area contributed by atoms with Crippen molar-refractivity contribution in [2.24, 2.45) is 7.05 Å². The highest BCUT2D eigenvalue weighted by Crippen LogP contribution is 2.19. The van der Waals surface area contributed by atoms with Crippen molar-refractivity contribution in [1.82, 2.24) is 29.3 Å². The first-order valence-corrected chi connectivity index (χ1v) is 7.24. The molecule has 3 rings (SSSR count). The number of nitrogens with one attached hydrogen (secondary N) is 1. The van der Waals surface area contributed by atoms with Crippen LogP contribution in [0.15, 0.2) is 23.5 Å². The summed E-state index contributed by atoms with van der Waals surface area (Å²) in [4.78, 5) is 25.0. The number of aryl methyl sites for hydroxylation is 1. The summed E-state index contributed by atoms with van der Waals surface area (Å²) in [6.07, 6.45) is 4.73. The van der Waals surface area contributed by atoms with Crippen molar-refractivity contribution in [3.63, 3.8) is 0 Å². The molecular weight excluding hydrogens is 385 g/mol. The lowest BCUT2D eigenvalue weighted by molar-refractivity contribution is 0.691. The zero-order valence-corrected chi connectivity index (χ0v) is 13.6. The molecule has 21 heavy (non-hydrogen) atoms. The van der Waals surface area contributed by atoms with Gasteiger partial charge in [-0.2, -0.15) is 5.10 Å². The summed E-state index contributed by atoms with van der Waals surface area (Å²) in [7, 11) is 3.61. The van der Waals surface area contributed by atoms with Gasteiger partial charge in [-0.05, 0) is 22.6 Å². The fourth-order valence-electron chi connectivity index (χ4n) is 2.02. The molecule has 0 aliphatic heterocycles. The van der Waals surface area contributed by atoms with Crippen LogP contribution in [0.1, 0.15) is 5.82 Å². The fourth-order valence-corrected chi connectivity index (χ4v) is 2.49. The third-order valence-electron chi connectivity index (χ3n) is 3.05. The van der Waals surface area contributed by atoms with Gasteiger partial charge in [-0.15, -0.1) is 0 Å². The summed E-state index contributed by atoms with van der Waals surface area (Å²) < 4.78 is 3.72. The Morgan fingerprint density at radius 1 is 1.33 bits per heavy atom. The molecule has 0 spiro atoms. The fraction of sp³-hybridized carbons (Fsp3) is 0.250. The first-order valence-electron chi connectivity index (χ1n) is 6.16. The standard InChI is InChI=1S/C12H12IN7O/c1-14-10-7-3-16-19(2)11(7)18-9(17-10)5-20-6-15-4-8(13)12(20)21/h3-4,6H,5H2,1-2H3,(H,14,17,18). The zero-order valence-electron chi connectivity index (χ0n) is 11.4. The van der Waals surface area contributed by atoms with E-state index in [1.807, 2.05) is 29.6 Å². The topological polar surface area (TPSA) is 90.5 Å². The molecule has 108 valence electrons. The van der Waals surface area contributed by atoms with Crippen molar-refractivity contribution in [1.29, 1.82) is 0 Å². The summed E-state index contributed by atoms with van der Waals surface area (Å²) in [5.74, 6) is 1.22. The van der Waals surface area contributed by atoms with E-state index in [2.05, 4.69) is 25.4 Å². The molecule has 3 aromatic rings. The number of hydrogen-bond acceptors (Lipinski definition) is 6. The molecule has 3 aromatic heterocycles. The third kappa shape index (κ3) is 2.48. The number of halogens is 1. The van der Waals surface area contributed by atoms with Crippen molar-refractivity contribution in [2.45, 2.75) is 6.54 Å². The summed E-state index contributed by atoms with van der Waals surface area (Å²) in [5.41, 5.74) is 0.612. The predicted octanol–water partition coefficient (Wildman–Crippen LogP) is 0.615. The van der Waals surface area contributed by atoms with Gasteiger partial charge >= 0.3 is 0 Å². The van der Waals surface area contributed by atoms with E-state index in [4.69, 9.17) is 0 Å². The van der Waals surface area contributed by atoms with Gasteiger partial charge in [-0.25, -0.2) is 15.0 Å². The van der Waals surface area contributed by atoms with Gasteiger partial charge in [0, 0.05) is 20.3 Å². The van der Waals surface area contributed by atoms with Crippen LogP contribution < -0.4 is 10.9 Å². The van der Waals surface area contributed by atoms with E-state index >= 15 is 0 Å². The number of hydrogen-bond donors (Lipinski definition) is 1. The van der Waals surface area contributed by atoms with E-state index in [0.717, 1.165) is 11.0 Å². The highest BCUT2D eigenvalue weighted by molar-refractivity contribution is 14.1. The molecule has 8 nitrogen and oxygen atoms in total. The van der Waals surface area contributed by atoms with E-state index in [-0.39, 0.29) is 12.1 Å². The molecule has 0 aromatic carbocycles. The minimum Gasteiger partial charge on any atom is -0.372 e. The molecular formula is C12H12IN7O. The van der Waals surface area contributed by atoms with Gasteiger partial charge in [0.2, 0.25) is 0 Å². The normalized spacial score (nSPS) is 11.0. The van der Waals surface area contributed by atoms with Gasteiger partial charge in [0.05, 0.1) is 28.0 Å². The van der Waals surface area contributed by atoms with Crippen molar-refractivity contribution in [3.8, 4) is 0 Å². The highest BCUT2D eigenvalue weighted by atomic mass is 127. The molecule has 0 bridgehead atoms. The summed E-state index contributed by atoms with van der Waals surface area (Å²) in [6.45, 7) is 0.262. The number of anilines is 1. The van der Waals surface area contributed by atoms with Crippen LogP contribution in [0.25, 0.3) is 11.0 Å². The molecule has 1 N–H and O–H groups in total. The predicted molar refractivity (Wildman–Crippen MR) is 86.2 cm³/mol. The first kappa shape index (κ1) is 13.9. The quantitative estimate of drug-likeness (QED) is 0.652. The Bertz CT molecular complexity index is 870. The van der Waals surface area contributed by atoms with Crippen molar-refractivity contribution in [2.75, 3.05) is 12.4 Å². The molecule has 0 radical (unpaired) electrons. The van der Waals surface area contributed by atoms with Gasteiger partial charge in [-0.1, -0.05) is 0 Å². The number of rotatable bonds is 3. The SMILES string of the molecule is CNc1nc(Cn2cncc(I)c2=O)nc2c1cnn2C. The highest BCUT2D eigenvalue weighted by Gasteiger charge is 2.11. The zero-order chi connectivity index (χ0) is 15.0. The van der Waals surface area contributed by atoms with Gasteiger partial charge in [-0.3, -0.25) is 14.0 Å². The van der Waals surface area contributed by atoms with Crippen LogP contribution in [-0.4, -0.2) is 36.3 Å². The molecule has 0 saturated heterocycles. The van der Waals surface area contributed by atoms with E-state index in [0.29, 0.717) is 15.2 Å². The Hall–Kier alpha value is -2.04. The van der Waals surface area contributed by atoms with Crippen LogP contribution in [-0.2, 0) is 13.6 Å². The smallest absolute Gasteiger partial charge is 0.267 e. The monoisotopic (exact) mass is 397 g/mol. The van der Waals surface area contributed by atoms with Crippen LogP contribution in [0.2, 0.25) is 0 Å². The maximum Gasteiger partial charge on any atom is 0.267 e. The van der Waals surface area contributed by atoms with E-state index < -0.39 is 0 Å². The van der Waals surface area contributed by atoms with Crippen LogP contribution in [0.3, 0.4) is 0 Å². The molecule has 3 heterocycles. The average molecular weight is 397 g/mol. The maximum atomic E-state index is 12.0. The van der Waals surface area contributed by atoms with Gasteiger partial charge < -0.3 is 5.32 Å². The average Bonchev–Trinajstić information content (AvgIpc) is 2.85. The van der Waals surface area contributed by atoms with Crippen molar-refractivity contribution in [3.05, 3.63) is 38.5 Å². The Labute approximate surface area is 133 Å². The Morgan fingerprint density at radius 3 is 2.90 bits per heavy atom. The molecule has 0 aliphatic rings. The van der Waals surface area contributed by atoms with Crippen LogP contribution in [0.5, 0.6) is 0 Å². The second-order valence-electron chi connectivity index (χ2n) is 4.42. The van der Waals surface area contributed by atoms with Crippen LogP contribution >= 0.6 is 22.6 Å². The van der Waals surface area contributed by atoms with E-state index in [1.165, 1.54) is 17.1 Å². The lowest BCUT2D eigenvalue weighted by Crippen LogP contribution is -2.24. The maximum absolute atomic E-state index is 12.0. The molecule has 0 amide bonds. The van der Waals surface area contributed by atoms with Gasteiger partial charge in [0.15, 0.2) is 11.5 Å². The second kappa shape index (κ2) is 5.39. The third-order valence-corrected chi connectivity index (χ3v) is 3.79. The molecule has 0 unspecified atom stereocenters. The minimum absolute atomic E-state index is 0.106. The minimum atomic E-state index is -0.106. The Balaban J connectivity index is 2.10. The molecule has 0 aliphatic carbocycles. The molecule has 0 atom stereocenters. The van der Waals surface area contributed by atoms with Crippen molar-refractivity contribution >= 4 is 39.4 Å². The summed E-state index contributed by atoms with van der Waals surface area (Å²) in [6, 6.07) is 0. The van der Waals surface area contributed by atoms with E-state index in [1.54, 1.807) is 17.9 Å². The Kier molecular flexibility index (Phi) is 3.57. The molecule has 9 heteroatoms.